The Kier molecular flexibility index (Phi) is 5.96. The molecule has 0 unspecified atom stereocenters. The molecule has 7 nitrogen and oxygen atoms in total. The molecule has 0 saturated heterocycles. The minimum Gasteiger partial charge on any atom is -0.342 e. The van der Waals surface area contributed by atoms with Crippen molar-refractivity contribution >= 4 is 23.1 Å². The number of aromatic nitrogens is 3. The zero-order valence-corrected chi connectivity index (χ0v) is 17.6. The molecule has 152 valence electrons. The van der Waals surface area contributed by atoms with Crippen molar-refractivity contribution in [2.24, 2.45) is 0 Å². The second kappa shape index (κ2) is 8.43. The van der Waals surface area contributed by atoms with Gasteiger partial charge in [-0.2, -0.15) is 5.10 Å². The summed E-state index contributed by atoms with van der Waals surface area (Å²) in [6.07, 6.45) is 0.923. The molecule has 1 aromatic carbocycles. The van der Waals surface area contributed by atoms with E-state index in [1.54, 1.807) is 11.9 Å². The summed E-state index contributed by atoms with van der Waals surface area (Å²) in [5.41, 5.74) is 6.36. The third-order valence-corrected chi connectivity index (χ3v) is 5.12. The molecule has 0 saturated carbocycles. The van der Waals surface area contributed by atoms with Crippen LogP contribution >= 0.6 is 0 Å². The molecular weight excluding hydrogens is 366 g/mol. The average Bonchev–Trinajstić information content (AvgIpc) is 3.03. The zero-order chi connectivity index (χ0) is 21.1. The smallest absolute Gasteiger partial charge is 0.224 e. The fraction of sp³-hybridized carbons (Fsp3) is 0.364. The maximum Gasteiger partial charge on any atom is 0.224 e. The number of para-hydroxylation sites is 1. The summed E-state index contributed by atoms with van der Waals surface area (Å²) in [4.78, 5) is 30.4. The normalized spacial score (nSPS) is 10.9. The van der Waals surface area contributed by atoms with Crippen molar-refractivity contribution in [1.29, 1.82) is 0 Å². The SMILES string of the molecule is CC(=O)N(C)Cc1ccccc1NC(=O)CCc1c(C)nc2cc(C)nn2c1C. The summed E-state index contributed by atoms with van der Waals surface area (Å²) in [6.45, 7) is 7.89. The van der Waals surface area contributed by atoms with E-state index in [2.05, 4.69) is 15.4 Å². The molecule has 3 aromatic rings. The van der Waals surface area contributed by atoms with Crippen molar-refractivity contribution < 1.29 is 9.59 Å². The van der Waals surface area contributed by atoms with E-state index in [-0.39, 0.29) is 11.8 Å². The first-order chi connectivity index (χ1) is 13.8. The van der Waals surface area contributed by atoms with E-state index in [1.807, 2.05) is 55.6 Å². The largest absolute Gasteiger partial charge is 0.342 e. The quantitative estimate of drug-likeness (QED) is 0.697. The molecule has 0 aliphatic carbocycles. The van der Waals surface area contributed by atoms with Crippen LogP contribution in [0.3, 0.4) is 0 Å². The number of carbonyl (C=O) groups excluding carboxylic acids is 2. The highest BCUT2D eigenvalue weighted by Gasteiger charge is 2.14. The van der Waals surface area contributed by atoms with Gasteiger partial charge in [0.25, 0.3) is 0 Å². The second-order valence-electron chi connectivity index (χ2n) is 7.40. The van der Waals surface area contributed by atoms with E-state index in [0.717, 1.165) is 39.5 Å². The molecule has 29 heavy (non-hydrogen) atoms. The number of anilines is 1. The Hall–Kier alpha value is -3.22. The molecule has 7 heteroatoms. The maximum absolute atomic E-state index is 12.6. The molecule has 0 aliphatic rings. The summed E-state index contributed by atoms with van der Waals surface area (Å²) in [6, 6.07) is 9.50. The predicted octanol–water partition coefficient (Wildman–Crippen LogP) is 3.20. The highest BCUT2D eigenvalue weighted by atomic mass is 16.2. The van der Waals surface area contributed by atoms with Gasteiger partial charge in [-0.25, -0.2) is 9.50 Å². The van der Waals surface area contributed by atoms with Crippen LogP contribution in [0.1, 0.15) is 41.6 Å². The number of hydrogen-bond acceptors (Lipinski definition) is 4. The van der Waals surface area contributed by atoms with Crippen LogP contribution in [0.5, 0.6) is 0 Å². The molecule has 0 spiro atoms. The Balaban J connectivity index is 1.71. The Morgan fingerprint density at radius 1 is 1.17 bits per heavy atom. The molecule has 0 atom stereocenters. The number of aryl methyl sites for hydroxylation is 3. The van der Waals surface area contributed by atoms with E-state index in [0.29, 0.717) is 19.4 Å². The van der Waals surface area contributed by atoms with Gasteiger partial charge in [-0.3, -0.25) is 9.59 Å². The van der Waals surface area contributed by atoms with Crippen molar-refractivity contribution in [2.45, 2.75) is 47.1 Å². The number of nitrogens with zero attached hydrogens (tertiary/aromatic N) is 4. The topological polar surface area (TPSA) is 79.6 Å². The lowest BCUT2D eigenvalue weighted by atomic mass is 10.1. The van der Waals surface area contributed by atoms with Crippen LogP contribution in [0.2, 0.25) is 0 Å². The van der Waals surface area contributed by atoms with Gasteiger partial charge in [0.15, 0.2) is 5.65 Å². The van der Waals surface area contributed by atoms with Gasteiger partial charge < -0.3 is 10.2 Å². The van der Waals surface area contributed by atoms with Crippen molar-refractivity contribution in [3.05, 3.63) is 58.5 Å². The number of fused-ring (bicyclic) bond motifs is 1. The molecule has 2 amide bonds. The molecule has 1 N–H and O–H groups in total. The van der Waals surface area contributed by atoms with Gasteiger partial charge in [0.2, 0.25) is 11.8 Å². The number of carbonyl (C=O) groups is 2. The van der Waals surface area contributed by atoms with Gasteiger partial charge in [0.1, 0.15) is 0 Å². The van der Waals surface area contributed by atoms with Crippen molar-refractivity contribution in [3.8, 4) is 0 Å². The van der Waals surface area contributed by atoms with Crippen LogP contribution in [0.25, 0.3) is 5.65 Å². The van der Waals surface area contributed by atoms with Crippen molar-refractivity contribution in [1.82, 2.24) is 19.5 Å². The molecule has 3 rings (SSSR count). The Morgan fingerprint density at radius 2 is 1.90 bits per heavy atom. The fourth-order valence-electron chi connectivity index (χ4n) is 3.40. The molecule has 0 radical (unpaired) electrons. The van der Waals surface area contributed by atoms with Gasteiger partial charge in [0.05, 0.1) is 5.69 Å². The van der Waals surface area contributed by atoms with Crippen LogP contribution in [-0.4, -0.2) is 38.4 Å². The molecule has 0 fully saturated rings. The Labute approximate surface area is 170 Å². The lowest BCUT2D eigenvalue weighted by Crippen LogP contribution is -2.24. The molecule has 2 aromatic heterocycles. The number of hydrogen-bond donors (Lipinski definition) is 1. The lowest BCUT2D eigenvalue weighted by molar-refractivity contribution is -0.128. The van der Waals surface area contributed by atoms with Gasteiger partial charge in [0, 0.05) is 50.1 Å². The van der Waals surface area contributed by atoms with Crippen LogP contribution < -0.4 is 5.32 Å². The van der Waals surface area contributed by atoms with Crippen molar-refractivity contribution in [3.63, 3.8) is 0 Å². The van der Waals surface area contributed by atoms with Gasteiger partial charge >= 0.3 is 0 Å². The summed E-state index contributed by atoms with van der Waals surface area (Å²) < 4.78 is 1.84. The second-order valence-corrected chi connectivity index (χ2v) is 7.40. The van der Waals surface area contributed by atoms with Gasteiger partial charge in [-0.05, 0) is 44.4 Å². The minimum atomic E-state index is -0.0709. The first-order valence-electron chi connectivity index (χ1n) is 9.68. The van der Waals surface area contributed by atoms with Gasteiger partial charge in [-0.15, -0.1) is 0 Å². The predicted molar refractivity (Wildman–Crippen MR) is 113 cm³/mol. The molecule has 0 bridgehead atoms. The van der Waals surface area contributed by atoms with E-state index in [1.165, 1.54) is 6.92 Å². The third kappa shape index (κ3) is 4.62. The third-order valence-electron chi connectivity index (χ3n) is 5.12. The highest BCUT2D eigenvalue weighted by Crippen LogP contribution is 2.19. The summed E-state index contributed by atoms with van der Waals surface area (Å²) >= 11 is 0. The lowest BCUT2D eigenvalue weighted by Gasteiger charge is -2.18. The van der Waals surface area contributed by atoms with Crippen LogP contribution in [-0.2, 0) is 22.6 Å². The number of nitrogens with one attached hydrogen (secondary N) is 1. The number of amides is 2. The molecular formula is C22H27N5O2. The monoisotopic (exact) mass is 393 g/mol. The van der Waals surface area contributed by atoms with E-state index in [9.17, 15) is 9.59 Å². The Morgan fingerprint density at radius 3 is 2.62 bits per heavy atom. The average molecular weight is 393 g/mol. The van der Waals surface area contributed by atoms with Crippen LogP contribution in [0.4, 0.5) is 5.69 Å². The Bertz CT molecular complexity index is 1070. The summed E-state index contributed by atoms with van der Waals surface area (Å²) in [5, 5.41) is 7.47. The van der Waals surface area contributed by atoms with Crippen LogP contribution in [0, 0.1) is 20.8 Å². The maximum atomic E-state index is 12.6. The standard InChI is InChI=1S/C22H27N5O2/c1-14-12-21-23-15(2)19(16(3)27(21)25-14)10-11-22(29)24-20-9-7-6-8-18(20)13-26(5)17(4)28/h6-9,12H,10-11,13H2,1-5H3,(H,24,29). The van der Waals surface area contributed by atoms with E-state index in [4.69, 9.17) is 0 Å². The number of rotatable bonds is 6. The van der Waals surface area contributed by atoms with E-state index >= 15 is 0 Å². The fourth-order valence-corrected chi connectivity index (χ4v) is 3.40. The molecule has 2 heterocycles. The van der Waals surface area contributed by atoms with Gasteiger partial charge in [-0.1, -0.05) is 18.2 Å². The summed E-state index contributed by atoms with van der Waals surface area (Å²) in [5.74, 6) is -0.0905. The first kappa shape index (κ1) is 20.5. The first-order valence-corrected chi connectivity index (χ1v) is 9.68. The number of benzene rings is 1. The van der Waals surface area contributed by atoms with Crippen LogP contribution in [0.15, 0.2) is 30.3 Å². The summed E-state index contributed by atoms with van der Waals surface area (Å²) in [7, 11) is 1.74. The van der Waals surface area contributed by atoms with E-state index < -0.39 is 0 Å². The zero-order valence-electron chi connectivity index (χ0n) is 17.6. The highest BCUT2D eigenvalue weighted by molar-refractivity contribution is 5.91. The van der Waals surface area contributed by atoms with Crippen molar-refractivity contribution in [2.75, 3.05) is 12.4 Å². The molecule has 0 aliphatic heterocycles. The minimum absolute atomic E-state index is 0.0196.